The van der Waals surface area contributed by atoms with Crippen molar-refractivity contribution in [3.63, 3.8) is 0 Å². The van der Waals surface area contributed by atoms with Gasteiger partial charge >= 0.3 is 17.6 Å². The molecule has 1 aromatic carbocycles. The van der Waals surface area contributed by atoms with E-state index in [1.54, 1.807) is 11.8 Å². The summed E-state index contributed by atoms with van der Waals surface area (Å²) < 4.78 is 14.8. The first-order valence-electron chi connectivity index (χ1n) is 8.81. The number of likely N-dealkylation sites (tertiary alicyclic amines) is 1. The van der Waals surface area contributed by atoms with Crippen LogP contribution in [0.25, 0.3) is 0 Å². The second-order valence-electron chi connectivity index (χ2n) is 6.13. The monoisotopic (exact) mass is 394 g/mol. The predicted molar refractivity (Wildman–Crippen MR) is 95.9 cm³/mol. The van der Waals surface area contributed by atoms with Crippen molar-refractivity contribution in [2.75, 3.05) is 33.4 Å². The molecule has 0 spiro atoms. The van der Waals surface area contributed by atoms with Crippen LogP contribution in [-0.2, 0) is 19.1 Å². The summed E-state index contributed by atoms with van der Waals surface area (Å²) in [6.45, 7) is 2.44. The average Bonchev–Trinajstić information content (AvgIpc) is 2.71. The normalized spacial score (nSPS) is 14.3. The molecule has 1 aliphatic heterocycles. The zero-order chi connectivity index (χ0) is 20.7. The van der Waals surface area contributed by atoms with E-state index in [4.69, 9.17) is 9.47 Å². The van der Waals surface area contributed by atoms with Crippen molar-refractivity contribution in [2.24, 2.45) is 5.92 Å². The maximum Gasteiger partial charge on any atom is 0.338 e. The Morgan fingerprint density at radius 3 is 2.50 bits per heavy atom. The predicted octanol–water partition coefficient (Wildman–Crippen LogP) is 1.56. The van der Waals surface area contributed by atoms with E-state index in [1.807, 2.05) is 0 Å². The lowest BCUT2D eigenvalue weighted by atomic mass is 9.97. The smallest absolute Gasteiger partial charge is 0.338 e. The standard InChI is InChI=1S/C18H22N2O8/c1-3-27-18(23)12-6-8-19(9-7-12)16(21)11-28-15-5-4-13(17(22)26-2)10-14(15)20(24)25/h4-5,10,12H,3,6-9,11H2,1-2H3. The lowest BCUT2D eigenvalue weighted by molar-refractivity contribution is -0.385. The molecule has 0 unspecified atom stereocenters. The number of nitro groups is 1. The lowest BCUT2D eigenvalue weighted by Gasteiger charge is -2.30. The van der Waals surface area contributed by atoms with Gasteiger partial charge in [0.05, 0.1) is 30.1 Å². The zero-order valence-corrected chi connectivity index (χ0v) is 15.7. The van der Waals surface area contributed by atoms with E-state index in [2.05, 4.69) is 4.74 Å². The number of hydrogen-bond donors (Lipinski definition) is 0. The van der Waals surface area contributed by atoms with Crippen LogP contribution in [0.4, 0.5) is 5.69 Å². The number of piperidine rings is 1. The first-order valence-corrected chi connectivity index (χ1v) is 8.81. The van der Waals surface area contributed by atoms with Crippen LogP contribution in [0.1, 0.15) is 30.1 Å². The number of ether oxygens (including phenoxy) is 3. The molecule has 1 heterocycles. The van der Waals surface area contributed by atoms with Crippen LogP contribution in [0.5, 0.6) is 5.75 Å². The highest BCUT2D eigenvalue weighted by atomic mass is 16.6. The Morgan fingerprint density at radius 1 is 1.25 bits per heavy atom. The summed E-state index contributed by atoms with van der Waals surface area (Å²) in [6, 6.07) is 3.62. The molecule has 1 fully saturated rings. The lowest BCUT2D eigenvalue weighted by Crippen LogP contribution is -2.42. The van der Waals surface area contributed by atoms with Gasteiger partial charge in [0.1, 0.15) is 0 Å². The average molecular weight is 394 g/mol. The maximum atomic E-state index is 12.3. The molecule has 1 saturated heterocycles. The Labute approximate surface area is 161 Å². The number of nitrogens with zero attached hydrogens (tertiary/aromatic N) is 2. The van der Waals surface area contributed by atoms with Gasteiger partial charge in [-0.15, -0.1) is 0 Å². The molecule has 0 saturated carbocycles. The van der Waals surface area contributed by atoms with E-state index in [9.17, 15) is 24.5 Å². The highest BCUT2D eigenvalue weighted by molar-refractivity contribution is 5.90. The van der Waals surface area contributed by atoms with Gasteiger partial charge in [-0.05, 0) is 31.9 Å². The Balaban J connectivity index is 1.95. The minimum Gasteiger partial charge on any atom is -0.477 e. The maximum absolute atomic E-state index is 12.3. The van der Waals surface area contributed by atoms with Crippen molar-refractivity contribution in [3.8, 4) is 5.75 Å². The summed E-state index contributed by atoms with van der Waals surface area (Å²) in [5, 5.41) is 11.2. The van der Waals surface area contributed by atoms with E-state index in [1.165, 1.54) is 19.2 Å². The molecule has 0 aromatic heterocycles. The van der Waals surface area contributed by atoms with Gasteiger partial charge in [-0.1, -0.05) is 0 Å². The molecular formula is C18H22N2O8. The van der Waals surface area contributed by atoms with Crippen LogP contribution in [0.2, 0.25) is 0 Å². The first-order chi connectivity index (χ1) is 13.4. The van der Waals surface area contributed by atoms with Gasteiger partial charge in [0.15, 0.2) is 12.4 Å². The number of methoxy groups -OCH3 is 1. The number of carbonyl (C=O) groups is 3. The fourth-order valence-electron chi connectivity index (χ4n) is 2.88. The molecule has 28 heavy (non-hydrogen) atoms. The molecule has 152 valence electrons. The number of esters is 2. The summed E-state index contributed by atoms with van der Waals surface area (Å²) in [4.78, 5) is 47.6. The minimum atomic E-state index is -0.713. The van der Waals surface area contributed by atoms with Crippen LogP contribution < -0.4 is 4.74 Å². The third-order valence-corrected chi connectivity index (χ3v) is 4.40. The van der Waals surface area contributed by atoms with Gasteiger partial charge in [0.25, 0.3) is 5.91 Å². The van der Waals surface area contributed by atoms with E-state index >= 15 is 0 Å². The van der Waals surface area contributed by atoms with Gasteiger partial charge in [-0.3, -0.25) is 19.7 Å². The van der Waals surface area contributed by atoms with E-state index in [0.29, 0.717) is 32.5 Å². The van der Waals surface area contributed by atoms with Crippen molar-refractivity contribution in [1.82, 2.24) is 4.90 Å². The Hall–Kier alpha value is -3.17. The number of rotatable bonds is 7. The molecule has 1 aromatic rings. The van der Waals surface area contributed by atoms with E-state index in [-0.39, 0.29) is 35.7 Å². The number of benzene rings is 1. The summed E-state index contributed by atoms with van der Waals surface area (Å²) in [7, 11) is 1.17. The van der Waals surface area contributed by atoms with Gasteiger partial charge in [-0.25, -0.2) is 4.79 Å². The summed E-state index contributed by atoms with van der Waals surface area (Å²) in [5.41, 5.74) is -0.425. The first kappa shape index (κ1) is 21.1. The van der Waals surface area contributed by atoms with Crippen molar-refractivity contribution < 1.29 is 33.5 Å². The van der Waals surface area contributed by atoms with Crippen LogP contribution in [0.3, 0.4) is 0 Å². The van der Waals surface area contributed by atoms with Gasteiger partial charge < -0.3 is 19.1 Å². The van der Waals surface area contributed by atoms with E-state index in [0.717, 1.165) is 6.07 Å². The molecule has 1 aliphatic rings. The van der Waals surface area contributed by atoms with E-state index < -0.39 is 16.6 Å². The highest BCUT2D eigenvalue weighted by Gasteiger charge is 2.29. The Morgan fingerprint density at radius 2 is 1.93 bits per heavy atom. The molecule has 0 bridgehead atoms. The number of carbonyl (C=O) groups excluding carboxylic acids is 3. The fourth-order valence-corrected chi connectivity index (χ4v) is 2.88. The summed E-state index contributed by atoms with van der Waals surface area (Å²) >= 11 is 0. The summed E-state index contributed by atoms with van der Waals surface area (Å²) in [5.74, 6) is -1.65. The van der Waals surface area contributed by atoms with Gasteiger partial charge in [0.2, 0.25) is 0 Å². The second-order valence-corrected chi connectivity index (χ2v) is 6.13. The number of amides is 1. The van der Waals surface area contributed by atoms with Crippen molar-refractivity contribution in [1.29, 1.82) is 0 Å². The molecule has 0 aliphatic carbocycles. The zero-order valence-electron chi connectivity index (χ0n) is 15.7. The molecular weight excluding hydrogens is 372 g/mol. The largest absolute Gasteiger partial charge is 0.477 e. The molecule has 1 amide bonds. The van der Waals surface area contributed by atoms with Crippen LogP contribution in [0.15, 0.2) is 18.2 Å². The third-order valence-electron chi connectivity index (χ3n) is 4.40. The number of hydrogen-bond acceptors (Lipinski definition) is 8. The highest BCUT2D eigenvalue weighted by Crippen LogP contribution is 2.28. The van der Waals surface area contributed by atoms with Crippen LogP contribution >= 0.6 is 0 Å². The molecule has 10 heteroatoms. The van der Waals surface area contributed by atoms with Gasteiger partial charge in [-0.2, -0.15) is 0 Å². The molecule has 10 nitrogen and oxygen atoms in total. The molecule has 0 atom stereocenters. The van der Waals surface area contributed by atoms with Crippen molar-refractivity contribution >= 4 is 23.5 Å². The summed E-state index contributed by atoms with van der Waals surface area (Å²) in [6.07, 6.45) is 0.997. The Kier molecular flexibility index (Phi) is 7.30. The van der Waals surface area contributed by atoms with Crippen LogP contribution in [0, 0.1) is 16.0 Å². The molecule has 2 rings (SSSR count). The molecule has 0 radical (unpaired) electrons. The second kappa shape index (κ2) is 9.67. The topological polar surface area (TPSA) is 125 Å². The van der Waals surface area contributed by atoms with Crippen molar-refractivity contribution in [2.45, 2.75) is 19.8 Å². The SMILES string of the molecule is CCOC(=O)C1CCN(C(=O)COc2ccc(C(=O)OC)cc2[N+](=O)[O-])CC1. The minimum absolute atomic E-state index is 0.00825. The van der Waals surface area contributed by atoms with Crippen LogP contribution in [-0.4, -0.2) is 61.1 Å². The van der Waals surface area contributed by atoms with Crippen molar-refractivity contribution in [3.05, 3.63) is 33.9 Å². The number of nitro benzene ring substituents is 1. The quantitative estimate of drug-likeness (QED) is 0.387. The fraction of sp³-hybridized carbons (Fsp3) is 0.500. The van der Waals surface area contributed by atoms with Gasteiger partial charge in [0, 0.05) is 19.2 Å². The molecule has 0 N–H and O–H groups in total. The Bertz CT molecular complexity index is 756. The third kappa shape index (κ3) is 5.18.